The van der Waals surface area contributed by atoms with E-state index in [0.29, 0.717) is 0 Å². The number of rotatable bonds is 4. The Morgan fingerprint density at radius 1 is 1.25 bits per heavy atom. The molecule has 0 saturated carbocycles. The average Bonchev–Trinajstić information content (AvgIpc) is 2.41. The van der Waals surface area contributed by atoms with E-state index in [1.165, 1.54) is 30.5 Å². The fraction of sp³-hybridized carbons (Fsp3) is 0. The lowest BCUT2D eigenvalue weighted by molar-refractivity contribution is 0.0697. The molecule has 0 saturated heterocycles. The predicted octanol–water partition coefficient (Wildman–Crippen LogP) is 1.29. The predicted molar refractivity (Wildman–Crippen MR) is 70.1 cm³/mol. The zero-order chi connectivity index (χ0) is 14.8. The van der Waals surface area contributed by atoms with Gasteiger partial charge in [0.25, 0.3) is 10.0 Å². The lowest BCUT2D eigenvalue weighted by Gasteiger charge is -2.10. The van der Waals surface area contributed by atoms with Gasteiger partial charge in [0.1, 0.15) is 10.6 Å². The zero-order valence-electron chi connectivity index (χ0n) is 10.0. The van der Waals surface area contributed by atoms with Gasteiger partial charge in [0.15, 0.2) is 0 Å². The molecule has 3 N–H and O–H groups in total. The second-order valence-electron chi connectivity index (χ2n) is 3.83. The SMILES string of the molecule is O=C(O)c1cc(O)ccc1NS(=O)(=O)c1cccnc1. The van der Waals surface area contributed by atoms with Crippen molar-refractivity contribution in [2.75, 3.05) is 4.72 Å². The summed E-state index contributed by atoms with van der Waals surface area (Å²) in [6, 6.07) is 6.10. The number of nitrogens with one attached hydrogen (secondary N) is 1. The molecule has 0 atom stereocenters. The van der Waals surface area contributed by atoms with Gasteiger partial charge >= 0.3 is 5.97 Å². The lowest BCUT2D eigenvalue weighted by atomic mass is 10.2. The van der Waals surface area contributed by atoms with E-state index in [2.05, 4.69) is 9.71 Å². The number of aromatic carboxylic acids is 1. The smallest absolute Gasteiger partial charge is 0.337 e. The number of anilines is 1. The van der Waals surface area contributed by atoms with Crippen molar-refractivity contribution >= 4 is 21.7 Å². The maximum absolute atomic E-state index is 12.1. The van der Waals surface area contributed by atoms with Crippen LogP contribution in [0.4, 0.5) is 5.69 Å². The second kappa shape index (κ2) is 5.17. The van der Waals surface area contributed by atoms with Gasteiger partial charge in [-0.2, -0.15) is 0 Å². The van der Waals surface area contributed by atoms with Crippen LogP contribution in [-0.4, -0.2) is 29.6 Å². The normalized spacial score (nSPS) is 11.0. The average molecular weight is 294 g/mol. The van der Waals surface area contributed by atoms with Gasteiger partial charge in [-0.15, -0.1) is 0 Å². The van der Waals surface area contributed by atoms with E-state index in [-0.39, 0.29) is 21.9 Å². The summed E-state index contributed by atoms with van der Waals surface area (Å²) in [5.41, 5.74) is -0.489. The third-order valence-corrected chi connectivity index (χ3v) is 3.77. The highest BCUT2D eigenvalue weighted by Crippen LogP contribution is 2.23. The molecule has 8 heteroatoms. The van der Waals surface area contributed by atoms with Crippen molar-refractivity contribution in [3.63, 3.8) is 0 Å². The van der Waals surface area contributed by atoms with Crippen LogP contribution in [0.25, 0.3) is 0 Å². The van der Waals surface area contributed by atoms with Crippen LogP contribution < -0.4 is 4.72 Å². The summed E-state index contributed by atoms with van der Waals surface area (Å²) in [7, 11) is -3.94. The minimum atomic E-state index is -3.94. The third-order valence-electron chi connectivity index (χ3n) is 2.42. The Kier molecular flexibility index (Phi) is 3.57. The molecule has 0 bridgehead atoms. The van der Waals surface area contributed by atoms with E-state index in [9.17, 15) is 18.3 Å². The summed E-state index contributed by atoms with van der Waals surface area (Å²) in [6.45, 7) is 0. The summed E-state index contributed by atoms with van der Waals surface area (Å²) in [4.78, 5) is 14.6. The van der Waals surface area contributed by atoms with Crippen molar-refractivity contribution < 1.29 is 23.4 Å². The number of phenolic OH excluding ortho intramolecular Hbond substituents is 1. The van der Waals surface area contributed by atoms with Gasteiger partial charge in [-0.25, -0.2) is 13.2 Å². The number of hydrogen-bond acceptors (Lipinski definition) is 5. The molecule has 104 valence electrons. The number of carboxylic acids is 1. The first kappa shape index (κ1) is 13.8. The molecule has 20 heavy (non-hydrogen) atoms. The van der Waals surface area contributed by atoms with E-state index < -0.39 is 16.0 Å². The van der Waals surface area contributed by atoms with Crippen LogP contribution >= 0.6 is 0 Å². The molecule has 0 unspecified atom stereocenters. The monoisotopic (exact) mass is 294 g/mol. The van der Waals surface area contributed by atoms with Gasteiger partial charge in [0.05, 0.1) is 11.3 Å². The maximum atomic E-state index is 12.1. The van der Waals surface area contributed by atoms with Crippen molar-refractivity contribution in [2.24, 2.45) is 0 Å². The molecule has 0 aliphatic heterocycles. The van der Waals surface area contributed by atoms with Crippen LogP contribution in [0.3, 0.4) is 0 Å². The number of carboxylic acid groups (broad SMARTS) is 1. The highest BCUT2D eigenvalue weighted by Gasteiger charge is 2.19. The highest BCUT2D eigenvalue weighted by atomic mass is 32.2. The molecule has 7 nitrogen and oxygen atoms in total. The topological polar surface area (TPSA) is 117 Å². The van der Waals surface area contributed by atoms with Crippen molar-refractivity contribution in [3.8, 4) is 5.75 Å². The fourth-order valence-electron chi connectivity index (χ4n) is 1.51. The molecule has 0 radical (unpaired) electrons. The lowest BCUT2D eigenvalue weighted by Crippen LogP contribution is -2.15. The maximum Gasteiger partial charge on any atom is 0.337 e. The van der Waals surface area contributed by atoms with Crippen LogP contribution in [0, 0.1) is 0 Å². The number of aromatic nitrogens is 1. The number of sulfonamides is 1. The van der Waals surface area contributed by atoms with Gasteiger partial charge in [-0.05, 0) is 30.3 Å². The number of hydrogen-bond donors (Lipinski definition) is 3. The number of benzene rings is 1. The van der Waals surface area contributed by atoms with Crippen LogP contribution in [0.2, 0.25) is 0 Å². The van der Waals surface area contributed by atoms with E-state index in [1.807, 2.05) is 0 Å². The van der Waals surface area contributed by atoms with Crippen molar-refractivity contribution in [1.82, 2.24) is 4.98 Å². The molecular formula is C12H10N2O5S. The highest BCUT2D eigenvalue weighted by molar-refractivity contribution is 7.92. The first-order valence-electron chi connectivity index (χ1n) is 5.39. The van der Waals surface area contributed by atoms with Gasteiger partial charge in [0.2, 0.25) is 0 Å². The number of pyridine rings is 1. The van der Waals surface area contributed by atoms with Gasteiger partial charge in [-0.1, -0.05) is 0 Å². The van der Waals surface area contributed by atoms with E-state index in [1.54, 1.807) is 0 Å². The molecule has 0 amide bonds. The molecule has 0 fully saturated rings. The second-order valence-corrected chi connectivity index (χ2v) is 5.51. The van der Waals surface area contributed by atoms with E-state index in [0.717, 1.165) is 12.3 Å². The molecule has 1 aromatic carbocycles. The molecule has 2 rings (SSSR count). The summed E-state index contributed by atoms with van der Waals surface area (Å²) in [5.74, 6) is -1.63. The van der Waals surface area contributed by atoms with Crippen LogP contribution in [0.5, 0.6) is 5.75 Å². The summed E-state index contributed by atoms with van der Waals surface area (Å²) < 4.78 is 26.3. The Labute approximate surface area is 114 Å². The van der Waals surface area contributed by atoms with Crippen LogP contribution in [0.15, 0.2) is 47.6 Å². The molecule has 1 heterocycles. The minimum absolute atomic E-state index is 0.0931. The van der Waals surface area contributed by atoms with Crippen molar-refractivity contribution in [2.45, 2.75) is 4.90 Å². The number of nitrogens with zero attached hydrogens (tertiary/aromatic N) is 1. The van der Waals surface area contributed by atoms with Crippen molar-refractivity contribution in [3.05, 3.63) is 48.3 Å². The van der Waals surface area contributed by atoms with Gasteiger partial charge < -0.3 is 10.2 Å². The minimum Gasteiger partial charge on any atom is -0.508 e. The zero-order valence-corrected chi connectivity index (χ0v) is 10.8. The quantitative estimate of drug-likeness (QED) is 0.731. The molecular weight excluding hydrogens is 284 g/mol. The Hall–Kier alpha value is -2.61. The Bertz CT molecular complexity index is 744. The van der Waals surface area contributed by atoms with E-state index >= 15 is 0 Å². The van der Waals surface area contributed by atoms with Crippen LogP contribution in [0.1, 0.15) is 10.4 Å². The Balaban J connectivity index is 2.43. The van der Waals surface area contributed by atoms with Crippen molar-refractivity contribution in [1.29, 1.82) is 0 Å². The largest absolute Gasteiger partial charge is 0.508 e. The fourth-order valence-corrected chi connectivity index (χ4v) is 2.55. The van der Waals surface area contributed by atoms with Gasteiger partial charge in [-0.3, -0.25) is 9.71 Å². The number of phenols is 1. The van der Waals surface area contributed by atoms with Gasteiger partial charge in [0, 0.05) is 12.4 Å². The molecule has 2 aromatic rings. The number of aromatic hydroxyl groups is 1. The molecule has 0 aliphatic rings. The Morgan fingerprint density at radius 3 is 2.60 bits per heavy atom. The summed E-state index contributed by atoms with van der Waals surface area (Å²) in [6.07, 6.45) is 2.56. The van der Waals surface area contributed by atoms with Crippen LogP contribution in [-0.2, 0) is 10.0 Å². The standard InChI is InChI=1S/C12H10N2O5S/c15-8-3-4-11(10(6-8)12(16)17)14-20(18,19)9-2-1-5-13-7-9/h1-7,14-15H,(H,16,17). The summed E-state index contributed by atoms with van der Waals surface area (Å²) in [5, 5.41) is 18.3. The summed E-state index contributed by atoms with van der Waals surface area (Å²) >= 11 is 0. The molecule has 0 spiro atoms. The third kappa shape index (κ3) is 2.86. The molecule has 1 aromatic heterocycles. The number of carbonyl (C=O) groups is 1. The van der Waals surface area contributed by atoms with E-state index in [4.69, 9.17) is 5.11 Å². The first-order valence-corrected chi connectivity index (χ1v) is 6.87. The molecule has 0 aliphatic carbocycles. The first-order chi connectivity index (χ1) is 9.40. The Morgan fingerprint density at radius 2 is 2.00 bits per heavy atom.